The van der Waals surface area contributed by atoms with Crippen LogP contribution in [-0.2, 0) is 0 Å². The highest BCUT2D eigenvalue weighted by Crippen LogP contribution is 2.38. The minimum Gasteiger partial charge on any atom is -0.464 e. The van der Waals surface area contributed by atoms with E-state index in [1.165, 1.54) is 11.3 Å². The summed E-state index contributed by atoms with van der Waals surface area (Å²) in [5.74, 6) is 0.932. The SMILES string of the molecule is Cc1ccc2c(c1)OC(c1ccc(N(C)C)cc1)N2. The van der Waals surface area contributed by atoms with Crippen LogP contribution in [0.5, 0.6) is 5.75 Å². The zero-order chi connectivity index (χ0) is 13.4. The second kappa shape index (κ2) is 4.50. The van der Waals surface area contributed by atoms with Crippen LogP contribution in [0.15, 0.2) is 42.5 Å². The molecule has 1 N–H and O–H groups in total. The van der Waals surface area contributed by atoms with Gasteiger partial charge in [-0.15, -0.1) is 0 Å². The molecular formula is C16H18N2O. The third-order valence-electron chi connectivity index (χ3n) is 3.38. The number of anilines is 2. The Kier molecular flexibility index (Phi) is 2.82. The average Bonchev–Trinajstić information content (AvgIpc) is 2.81. The van der Waals surface area contributed by atoms with E-state index in [2.05, 4.69) is 59.6 Å². The van der Waals surface area contributed by atoms with Gasteiger partial charge in [0.25, 0.3) is 0 Å². The molecule has 0 aliphatic carbocycles. The van der Waals surface area contributed by atoms with Gasteiger partial charge in [-0.05, 0) is 36.8 Å². The quantitative estimate of drug-likeness (QED) is 0.886. The average molecular weight is 254 g/mol. The number of nitrogens with one attached hydrogen (secondary N) is 1. The molecule has 0 fully saturated rings. The Morgan fingerprint density at radius 1 is 1.05 bits per heavy atom. The topological polar surface area (TPSA) is 24.5 Å². The summed E-state index contributed by atoms with van der Waals surface area (Å²) in [7, 11) is 4.08. The number of rotatable bonds is 2. The van der Waals surface area contributed by atoms with Crippen molar-refractivity contribution >= 4 is 11.4 Å². The number of fused-ring (bicyclic) bond motifs is 1. The first-order valence-electron chi connectivity index (χ1n) is 6.44. The summed E-state index contributed by atoms with van der Waals surface area (Å²) < 4.78 is 5.95. The van der Waals surface area contributed by atoms with Gasteiger partial charge in [0.05, 0.1) is 5.69 Å². The minimum absolute atomic E-state index is 0.0898. The van der Waals surface area contributed by atoms with Crippen LogP contribution in [0.1, 0.15) is 17.4 Å². The van der Waals surface area contributed by atoms with Crippen LogP contribution in [0, 0.1) is 6.92 Å². The fourth-order valence-corrected chi connectivity index (χ4v) is 2.24. The zero-order valence-electron chi connectivity index (χ0n) is 11.5. The molecule has 0 spiro atoms. The van der Waals surface area contributed by atoms with E-state index < -0.39 is 0 Å². The van der Waals surface area contributed by atoms with Gasteiger partial charge in [0.1, 0.15) is 5.75 Å². The number of benzene rings is 2. The fraction of sp³-hybridized carbons (Fsp3) is 0.250. The molecule has 3 rings (SSSR count). The zero-order valence-corrected chi connectivity index (χ0v) is 11.5. The van der Waals surface area contributed by atoms with Gasteiger partial charge in [0.15, 0.2) is 6.23 Å². The van der Waals surface area contributed by atoms with E-state index in [-0.39, 0.29) is 6.23 Å². The molecule has 0 amide bonds. The number of ether oxygens (including phenoxy) is 1. The van der Waals surface area contributed by atoms with Crippen molar-refractivity contribution in [1.29, 1.82) is 0 Å². The summed E-state index contributed by atoms with van der Waals surface area (Å²) in [6, 6.07) is 14.6. The molecule has 0 aromatic heterocycles. The Balaban J connectivity index is 1.82. The van der Waals surface area contributed by atoms with Crippen LogP contribution in [-0.4, -0.2) is 14.1 Å². The molecule has 1 aliphatic rings. The molecule has 0 radical (unpaired) electrons. The van der Waals surface area contributed by atoms with Crippen molar-refractivity contribution in [3.8, 4) is 5.75 Å². The number of hydrogen-bond acceptors (Lipinski definition) is 3. The van der Waals surface area contributed by atoms with Crippen molar-refractivity contribution in [2.45, 2.75) is 13.2 Å². The smallest absolute Gasteiger partial charge is 0.196 e. The summed E-state index contributed by atoms with van der Waals surface area (Å²) >= 11 is 0. The third kappa shape index (κ3) is 2.24. The molecule has 1 atom stereocenters. The molecule has 1 aliphatic heterocycles. The van der Waals surface area contributed by atoms with Crippen LogP contribution in [0.4, 0.5) is 11.4 Å². The Morgan fingerprint density at radius 2 is 1.79 bits per heavy atom. The van der Waals surface area contributed by atoms with E-state index in [0.29, 0.717) is 0 Å². The lowest BCUT2D eigenvalue weighted by Crippen LogP contribution is -2.11. The molecule has 0 saturated heterocycles. The Labute approximate surface area is 113 Å². The van der Waals surface area contributed by atoms with Crippen LogP contribution in [0.25, 0.3) is 0 Å². The predicted molar refractivity (Wildman–Crippen MR) is 78.9 cm³/mol. The van der Waals surface area contributed by atoms with Crippen LogP contribution in [0.3, 0.4) is 0 Å². The summed E-state index contributed by atoms with van der Waals surface area (Å²) in [6.45, 7) is 2.07. The molecular weight excluding hydrogens is 236 g/mol. The van der Waals surface area contributed by atoms with Crippen molar-refractivity contribution in [2.24, 2.45) is 0 Å². The first-order valence-corrected chi connectivity index (χ1v) is 6.44. The Morgan fingerprint density at radius 3 is 2.47 bits per heavy atom. The highest BCUT2D eigenvalue weighted by atomic mass is 16.5. The summed E-state index contributed by atoms with van der Waals surface area (Å²) in [6.07, 6.45) is -0.0898. The summed E-state index contributed by atoms with van der Waals surface area (Å²) in [4.78, 5) is 2.09. The largest absolute Gasteiger partial charge is 0.464 e. The van der Waals surface area contributed by atoms with Gasteiger partial charge in [0, 0.05) is 25.3 Å². The summed E-state index contributed by atoms with van der Waals surface area (Å²) in [5, 5.41) is 3.39. The normalized spacial score (nSPS) is 16.5. The maximum atomic E-state index is 5.95. The van der Waals surface area contributed by atoms with E-state index in [1.54, 1.807) is 0 Å². The lowest BCUT2D eigenvalue weighted by atomic mass is 10.1. The van der Waals surface area contributed by atoms with Crippen molar-refractivity contribution < 1.29 is 4.74 Å². The molecule has 2 aromatic rings. The number of aryl methyl sites for hydroxylation is 1. The van der Waals surface area contributed by atoms with Gasteiger partial charge in [-0.1, -0.05) is 18.2 Å². The van der Waals surface area contributed by atoms with Gasteiger partial charge in [-0.25, -0.2) is 0 Å². The fourth-order valence-electron chi connectivity index (χ4n) is 2.24. The van der Waals surface area contributed by atoms with E-state index in [9.17, 15) is 0 Å². The van der Waals surface area contributed by atoms with Crippen molar-refractivity contribution in [2.75, 3.05) is 24.3 Å². The lowest BCUT2D eigenvalue weighted by Gasteiger charge is -2.15. The Bertz CT molecular complexity index is 590. The second-order valence-corrected chi connectivity index (χ2v) is 5.13. The Hall–Kier alpha value is -2.16. The van der Waals surface area contributed by atoms with E-state index in [4.69, 9.17) is 4.74 Å². The van der Waals surface area contributed by atoms with Crippen LogP contribution in [0.2, 0.25) is 0 Å². The molecule has 0 saturated carbocycles. The predicted octanol–water partition coefficient (Wildman–Crippen LogP) is 3.56. The lowest BCUT2D eigenvalue weighted by molar-refractivity contribution is 0.259. The molecule has 1 unspecified atom stereocenters. The summed E-state index contributed by atoms with van der Waals surface area (Å²) in [5.41, 5.74) is 4.60. The van der Waals surface area contributed by atoms with E-state index >= 15 is 0 Å². The van der Waals surface area contributed by atoms with Crippen LogP contribution >= 0.6 is 0 Å². The van der Waals surface area contributed by atoms with Crippen molar-refractivity contribution in [3.63, 3.8) is 0 Å². The molecule has 3 nitrogen and oxygen atoms in total. The van der Waals surface area contributed by atoms with Gasteiger partial charge in [-0.3, -0.25) is 0 Å². The van der Waals surface area contributed by atoms with E-state index in [0.717, 1.165) is 17.0 Å². The van der Waals surface area contributed by atoms with Gasteiger partial charge >= 0.3 is 0 Å². The molecule has 2 aromatic carbocycles. The second-order valence-electron chi connectivity index (χ2n) is 5.13. The van der Waals surface area contributed by atoms with Crippen molar-refractivity contribution in [3.05, 3.63) is 53.6 Å². The first kappa shape index (κ1) is 11.9. The third-order valence-corrected chi connectivity index (χ3v) is 3.38. The van der Waals surface area contributed by atoms with Gasteiger partial charge in [-0.2, -0.15) is 0 Å². The standard InChI is InChI=1S/C16H18N2O/c1-11-4-9-14-15(10-11)19-16(17-14)12-5-7-13(8-6-12)18(2)3/h4-10,16-17H,1-3H3. The number of nitrogens with zero attached hydrogens (tertiary/aromatic N) is 1. The molecule has 3 heteroatoms. The van der Waals surface area contributed by atoms with Gasteiger partial charge < -0.3 is 15.0 Å². The van der Waals surface area contributed by atoms with Crippen LogP contribution < -0.4 is 15.0 Å². The maximum absolute atomic E-state index is 5.95. The highest BCUT2D eigenvalue weighted by Gasteiger charge is 2.23. The molecule has 98 valence electrons. The number of hydrogen-bond donors (Lipinski definition) is 1. The highest BCUT2D eigenvalue weighted by molar-refractivity contribution is 5.62. The van der Waals surface area contributed by atoms with Crippen molar-refractivity contribution in [1.82, 2.24) is 0 Å². The van der Waals surface area contributed by atoms with E-state index in [1.807, 2.05) is 14.1 Å². The first-order chi connectivity index (χ1) is 9.13. The van der Waals surface area contributed by atoms with Gasteiger partial charge in [0.2, 0.25) is 0 Å². The molecule has 19 heavy (non-hydrogen) atoms. The maximum Gasteiger partial charge on any atom is 0.196 e. The monoisotopic (exact) mass is 254 g/mol. The molecule has 1 heterocycles. The molecule has 0 bridgehead atoms. The minimum atomic E-state index is -0.0898.